The number of aromatic hydroxyl groups is 1. The number of benzene rings is 2. The zero-order valence-electron chi connectivity index (χ0n) is 16.7. The molecule has 0 bridgehead atoms. The summed E-state index contributed by atoms with van der Waals surface area (Å²) in [7, 11) is 1.50. The van der Waals surface area contributed by atoms with Gasteiger partial charge in [-0.25, -0.2) is 4.68 Å². The molecule has 7 nitrogen and oxygen atoms in total. The summed E-state index contributed by atoms with van der Waals surface area (Å²) >= 11 is 5.87. The lowest BCUT2D eigenvalue weighted by Crippen LogP contribution is -2.35. The number of halogens is 4. The van der Waals surface area contributed by atoms with Crippen molar-refractivity contribution in [2.75, 3.05) is 17.7 Å². The van der Waals surface area contributed by atoms with Crippen LogP contribution in [0.4, 0.5) is 24.7 Å². The minimum atomic E-state index is -4.58. The van der Waals surface area contributed by atoms with Gasteiger partial charge in [0, 0.05) is 17.5 Å². The third-order valence-corrected chi connectivity index (χ3v) is 5.38. The molecule has 0 radical (unpaired) electrons. The van der Waals surface area contributed by atoms with E-state index < -0.39 is 24.2 Å². The molecule has 3 aromatic rings. The highest BCUT2D eigenvalue weighted by Crippen LogP contribution is 2.44. The van der Waals surface area contributed by atoms with Crippen LogP contribution >= 0.6 is 11.6 Å². The van der Waals surface area contributed by atoms with E-state index in [1.54, 1.807) is 24.3 Å². The SMILES string of the molecule is COc1ccc([C@H]2C[C@H](C(F)(F)F)n3nc(C(=O)Nc4cc(Cl)ccc4O)cc3N2)cc1. The number of carbonyl (C=O) groups is 1. The van der Waals surface area contributed by atoms with E-state index in [0.717, 1.165) is 4.68 Å². The number of nitrogens with one attached hydrogen (secondary N) is 2. The lowest BCUT2D eigenvalue weighted by atomic mass is 9.97. The second kappa shape index (κ2) is 8.27. The molecule has 1 aliphatic rings. The molecule has 168 valence electrons. The predicted octanol–water partition coefficient (Wildman–Crippen LogP) is 5.16. The second-order valence-corrected chi connectivity index (χ2v) is 7.67. The van der Waals surface area contributed by atoms with Gasteiger partial charge in [0.05, 0.1) is 18.8 Å². The molecule has 3 N–H and O–H groups in total. The molecule has 11 heteroatoms. The summed E-state index contributed by atoms with van der Waals surface area (Å²) < 4.78 is 47.3. The van der Waals surface area contributed by atoms with Gasteiger partial charge in [-0.15, -0.1) is 0 Å². The van der Waals surface area contributed by atoms with Crippen LogP contribution in [0.15, 0.2) is 48.5 Å². The van der Waals surface area contributed by atoms with E-state index in [4.69, 9.17) is 16.3 Å². The van der Waals surface area contributed by atoms with Gasteiger partial charge in [-0.05, 0) is 35.9 Å². The largest absolute Gasteiger partial charge is 0.506 e. The molecule has 0 spiro atoms. The molecule has 0 saturated carbocycles. The van der Waals surface area contributed by atoms with Gasteiger partial charge in [0.25, 0.3) is 5.91 Å². The second-order valence-electron chi connectivity index (χ2n) is 7.24. The Bertz CT molecular complexity index is 1150. The van der Waals surface area contributed by atoms with Gasteiger partial charge < -0.3 is 20.5 Å². The molecule has 1 aromatic heterocycles. The van der Waals surface area contributed by atoms with Gasteiger partial charge in [0.2, 0.25) is 0 Å². The average Bonchev–Trinajstić information content (AvgIpc) is 3.19. The summed E-state index contributed by atoms with van der Waals surface area (Å²) in [5.74, 6) is -0.379. The topological polar surface area (TPSA) is 88.4 Å². The molecule has 2 heterocycles. The zero-order chi connectivity index (χ0) is 23.0. The van der Waals surface area contributed by atoms with Crippen LogP contribution in [0.3, 0.4) is 0 Å². The Morgan fingerprint density at radius 2 is 1.97 bits per heavy atom. The normalized spacial score (nSPS) is 17.9. The van der Waals surface area contributed by atoms with E-state index in [-0.39, 0.29) is 34.4 Å². The van der Waals surface area contributed by atoms with Crippen molar-refractivity contribution in [3.05, 3.63) is 64.8 Å². The minimum absolute atomic E-state index is 0.0184. The number of fused-ring (bicyclic) bond motifs is 1. The first-order valence-corrected chi connectivity index (χ1v) is 9.90. The molecule has 0 aliphatic carbocycles. The summed E-state index contributed by atoms with van der Waals surface area (Å²) in [5, 5.41) is 19.5. The highest BCUT2D eigenvalue weighted by atomic mass is 35.5. The van der Waals surface area contributed by atoms with Crippen LogP contribution in [-0.2, 0) is 0 Å². The number of methoxy groups -OCH3 is 1. The molecule has 4 rings (SSSR count). The fourth-order valence-corrected chi connectivity index (χ4v) is 3.71. The number of phenolic OH excluding ortho intramolecular Hbond substituents is 1. The molecule has 0 saturated heterocycles. The molecular weight excluding hydrogens is 449 g/mol. The van der Waals surface area contributed by atoms with Gasteiger partial charge in [-0.3, -0.25) is 4.79 Å². The number of amides is 1. The first-order valence-electron chi connectivity index (χ1n) is 9.52. The number of phenols is 1. The Morgan fingerprint density at radius 1 is 1.25 bits per heavy atom. The monoisotopic (exact) mass is 466 g/mol. The number of carbonyl (C=O) groups excluding carboxylic acids is 1. The Hall–Kier alpha value is -3.40. The standard InChI is InChI=1S/C21H18ClF3N4O3/c1-32-13-5-2-11(3-6-13)14-9-18(21(23,24)25)29-19(26-14)10-16(28-29)20(31)27-15-8-12(22)4-7-17(15)30/h2-8,10,14,18,26,30H,9H2,1H3,(H,27,31)/t14-,18-/m1/s1. The first kappa shape index (κ1) is 21.8. The van der Waals surface area contributed by atoms with Gasteiger partial charge in [-0.1, -0.05) is 23.7 Å². The summed E-state index contributed by atoms with van der Waals surface area (Å²) in [5.41, 5.74) is 0.420. The lowest BCUT2D eigenvalue weighted by Gasteiger charge is -2.33. The molecule has 0 unspecified atom stereocenters. The highest BCUT2D eigenvalue weighted by Gasteiger charge is 2.46. The fourth-order valence-electron chi connectivity index (χ4n) is 3.53. The highest BCUT2D eigenvalue weighted by molar-refractivity contribution is 6.31. The molecule has 0 fully saturated rings. The van der Waals surface area contributed by atoms with Crippen LogP contribution < -0.4 is 15.4 Å². The Labute approximate surface area is 185 Å². The number of ether oxygens (including phenoxy) is 1. The molecule has 32 heavy (non-hydrogen) atoms. The van der Waals surface area contributed by atoms with E-state index in [1.807, 2.05) is 0 Å². The number of hydrogen-bond acceptors (Lipinski definition) is 5. The number of anilines is 2. The predicted molar refractivity (Wildman–Crippen MR) is 112 cm³/mol. The fraction of sp³-hybridized carbons (Fsp3) is 0.238. The van der Waals surface area contributed by atoms with Gasteiger partial charge in [0.15, 0.2) is 11.7 Å². The maximum absolute atomic E-state index is 13.8. The van der Waals surface area contributed by atoms with E-state index in [1.165, 1.54) is 31.4 Å². The van der Waals surface area contributed by atoms with Crippen molar-refractivity contribution in [2.45, 2.75) is 24.7 Å². The van der Waals surface area contributed by atoms with Gasteiger partial charge in [0.1, 0.15) is 17.3 Å². The lowest BCUT2D eigenvalue weighted by molar-refractivity contribution is -0.173. The quantitative estimate of drug-likeness (QED) is 0.462. The third kappa shape index (κ3) is 4.31. The number of aromatic nitrogens is 2. The van der Waals surface area contributed by atoms with Crippen LogP contribution in [0.1, 0.15) is 34.6 Å². The summed E-state index contributed by atoms with van der Waals surface area (Å²) in [6, 6.07) is 9.42. The van der Waals surface area contributed by atoms with E-state index in [0.29, 0.717) is 11.3 Å². The van der Waals surface area contributed by atoms with Crippen molar-refractivity contribution in [3.8, 4) is 11.5 Å². The van der Waals surface area contributed by atoms with E-state index in [2.05, 4.69) is 15.7 Å². The van der Waals surface area contributed by atoms with Crippen molar-refractivity contribution in [1.82, 2.24) is 9.78 Å². The maximum atomic E-state index is 13.8. The van der Waals surface area contributed by atoms with Crippen LogP contribution in [-0.4, -0.2) is 34.1 Å². The Kier molecular flexibility index (Phi) is 5.64. The summed E-state index contributed by atoms with van der Waals surface area (Å²) in [6.45, 7) is 0. The number of hydrogen-bond donors (Lipinski definition) is 3. The summed E-state index contributed by atoms with van der Waals surface area (Å²) in [6.07, 6.45) is -4.88. The first-order chi connectivity index (χ1) is 15.2. The molecule has 1 amide bonds. The molecule has 2 aromatic carbocycles. The molecule has 1 aliphatic heterocycles. The smallest absolute Gasteiger partial charge is 0.410 e. The van der Waals surface area contributed by atoms with Crippen molar-refractivity contribution in [3.63, 3.8) is 0 Å². The van der Waals surface area contributed by atoms with E-state index >= 15 is 0 Å². The minimum Gasteiger partial charge on any atom is -0.506 e. The van der Waals surface area contributed by atoms with Gasteiger partial charge >= 0.3 is 6.18 Å². The van der Waals surface area contributed by atoms with E-state index in [9.17, 15) is 23.1 Å². The summed E-state index contributed by atoms with van der Waals surface area (Å²) in [4.78, 5) is 12.6. The Balaban J connectivity index is 1.64. The van der Waals surface area contributed by atoms with Crippen LogP contribution in [0.5, 0.6) is 11.5 Å². The molecule has 2 atom stereocenters. The number of alkyl halides is 3. The molecular formula is C21H18ClF3N4O3. The van der Waals surface area contributed by atoms with Crippen molar-refractivity contribution >= 4 is 29.0 Å². The third-order valence-electron chi connectivity index (χ3n) is 5.15. The maximum Gasteiger partial charge on any atom is 0.410 e. The number of rotatable bonds is 4. The number of nitrogens with zero attached hydrogens (tertiary/aromatic N) is 2. The van der Waals surface area contributed by atoms with Crippen LogP contribution in [0.2, 0.25) is 5.02 Å². The zero-order valence-corrected chi connectivity index (χ0v) is 17.4. The Morgan fingerprint density at radius 3 is 2.62 bits per heavy atom. The van der Waals surface area contributed by atoms with Crippen molar-refractivity contribution < 1.29 is 27.8 Å². The van der Waals surface area contributed by atoms with Crippen molar-refractivity contribution in [1.29, 1.82) is 0 Å². The van der Waals surface area contributed by atoms with Crippen LogP contribution in [0, 0.1) is 0 Å². The average molecular weight is 467 g/mol. The van der Waals surface area contributed by atoms with Gasteiger partial charge in [-0.2, -0.15) is 18.3 Å². The van der Waals surface area contributed by atoms with Crippen LogP contribution in [0.25, 0.3) is 0 Å². The van der Waals surface area contributed by atoms with Crippen molar-refractivity contribution in [2.24, 2.45) is 0 Å².